The van der Waals surface area contributed by atoms with E-state index in [1.165, 1.54) is 0 Å². The molecule has 0 aromatic heterocycles. The van der Waals surface area contributed by atoms with Crippen molar-refractivity contribution >= 4 is 11.6 Å². The van der Waals surface area contributed by atoms with E-state index in [2.05, 4.69) is 0 Å². The summed E-state index contributed by atoms with van der Waals surface area (Å²) in [5, 5.41) is 0.683. The van der Waals surface area contributed by atoms with Crippen LogP contribution in [0.1, 0.15) is 18.6 Å². The highest BCUT2D eigenvalue weighted by Gasteiger charge is 2.17. The first-order valence-electron chi connectivity index (χ1n) is 6.97. The van der Waals surface area contributed by atoms with Crippen LogP contribution in [0.25, 0.3) is 0 Å². The minimum atomic E-state index is -0.192. The number of halogens is 1. The fourth-order valence-electron chi connectivity index (χ4n) is 2.09. The molecular weight excluding hydrogens is 286 g/mol. The van der Waals surface area contributed by atoms with Gasteiger partial charge >= 0.3 is 0 Å². The molecule has 112 valence electrons. The lowest BCUT2D eigenvalue weighted by molar-refractivity contribution is 0.0208. The van der Waals surface area contributed by atoms with Crippen molar-refractivity contribution in [1.82, 2.24) is 0 Å². The maximum Gasteiger partial charge on any atom is 0.119 e. The molecule has 0 aliphatic heterocycles. The molecule has 0 aliphatic rings. The molecule has 2 N–H and O–H groups in total. The third kappa shape index (κ3) is 5.05. The van der Waals surface area contributed by atoms with Gasteiger partial charge in [-0.1, -0.05) is 41.9 Å². The highest BCUT2D eigenvalue weighted by atomic mass is 35.5. The van der Waals surface area contributed by atoms with E-state index in [1.807, 2.05) is 61.5 Å². The predicted octanol–water partition coefficient (Wildman–Crippen LogP) is 3.82. The maximum atomic E-state index is 6.01. The minimum absolute atomic E-state index is 0.125. The molecule has 0 bridgehead atoms. The third-order valence-electron chi connectivity index (χ3n) is 3.05. The van der Waals surface area contributed by atoms with Crippen LogP contribution < -0.4 is 10.5 Å². The molecule has 0 fully saturated rings. The summed E-state index contributed by atoms with van der Waals surface area (Å²) in [6, 6.07) is 17.1. The van der Waals surface area contributed by atoms with Crippen LogP contribution in [0.2, 0.25) is 5.02 Å². The van der Waals surface area contributed by atoms with E-state index < -0.39 is 0 Å². The second kappa shape index (κ2) is 8.03. The predicted molar refractivity (Wildman–Crippen MR) is 85.7 cm³/mol. The van der Waals surface area contributed by atoms with Gasteiger partial charge in [-0.3, -0.25) is 0 Å². The second-order valence-electron chi connectivity index (χ2n) is 4.87. The van der Waals surface area contributed by atoms with E-state index in [9.17, 15) is 0 Å². The molecule has 0 amide bonds. The molecule has 3 nitrogen and oxygen atoms in total. The first-order valence-corrected chi connectivity index (χ1v) is 7.35. The van der Waals surface area contributed by atoms with Gasteiger partial charge in [0.15, 0.2) is 0 Å². The standard InChI is InChI=1S/C17H20ClNO2/c1-13(19)17(14-6-5-7-15(18)12-14)21-11-10-20-16-8-3-2-4-9-16/h2-9,12-13,17H,10-11,19H2,1H3. The molecule has 0 saturated carbocycles. The van der Waals surface area contributed by atoms with Crippen LogP contribution in [0.4, 0.5) is 0 Å². The number of hydrogen-bond donors (Lipinski definition) is 1. The van der Waals surface area contributed by atoms with Crippen molar-refractivity contribution in [2.75, 3.05) is 13.2 Å². The summed E-state index contributed by atoms with van der Waals surface area (Å²) in [7, 11) is 0. The van der Waals surface area contributed by atoms with Crippen molar-refractivity contribution in [1.29, 1.82) is 0 Å². The molecule has 0 radical (unpaired) electrons. The molecule has 4 heteroatoms. The quantitative estimate of drug-likeness (QED) is 0.791. The number of nitrogens with two attached hydrogens (primary N) is 1. The van der Waals surface area contributed by atoms with E-state index >= 15 is 0 Å². The van der Waals surface area contributed by atoms with Crippen LogP contribution in [-0.2, 0) is 4.74 Å². The Kier molecular flexibility index (Phi) is 6.05. The number of benzene rings is 2. The summed E-state index contributed by atoms with van der Waals surface area (Å²) in [4.78, 5) is 0. The Labute approximate surface area is 130 Å². The third-order valence-corrected chi connectivity index (χ3v) is 3.28. The zero-order valence-corrected chi connectivity index (χ0v) is 12.8. The topological polar surface area (TPSA) is 44.5 Å². The average Bonchev–Trinajstić information content (AvgIpc) is 2.48. The van der Waals surface area contributed by atoms with Crippen molar-refractivity contribution < 1.29 is 9.47 Å². The first-order chi connectivity index (χ1) is 10.2. The number of rotatable bonds is 7. The molecule has 0 heterocycles. The van der Waals surface area contributed by atoms with Gasteiger partial charge in [0.2, 0.25) is 0 Å². The lowest BCUT2D eigenvalue weighted by Crippen LogP contribution is -2.28. The van der Waals surface area contributed by atoms with Crippen molar-refractivity contribution in [3.8, 4) is 5.75 Å². The summed E-state index contributed by atoms with van der Waals surface area (Å²) in [6.45, 7) is 2.87. The van der Waals surface area contributed by atoms with Gasteiger partial charge in [0.1, 0.15) is 12.4 Å². The van der Waals surface area contributed by atoms with E-state index in [4.69, 9.17) is 26.8 Å². The van der Waals surface area contributed by atoms with Crippen LogP contribution in [0.15, 0.2) is 54.6 Å². The van der Waals surface area contributed by atoms with E-state index in [0.29, 0.717) is 18.2 Å². The number of hydrogen-bond acceptors (Lipinski definition) is 3. The second-order valence-corrected chi connectivity index (χ2v) is 5.30. The van der Waals surface area contributed by atoms with Gasteiger partial charge in [-0.15, -0.1) is 0 Å². The van der Waals surface area contributed by atoms with Crippen molar-refractivity contribution in [2.45, 2.75) is 19.1 Å². The van der Waals surface area contributed by atoms with Gasteiger partial charge in [-0.05, 0) is 36.8 Å². The summed E-state index contributed by atoms with van der Waals surface area (Å²) >= 11 is 6.01. The van der Waals surface area contributed by atoms with Crippen LogP contribution >= 0.6 is 11.6 Å². The highest BCUT2D eigenvalue weighted by Crippen LogP contribution is 2.23. The fourth-order valence-corrected chi connectivity index (χ4v) is 2.29. The largest absolute Gasteiger partial charge is 0.491 e. The van der Waals surface area contributed by atoms with Gasteiger partial charge < -0.3 is 15.2 Å². The average molecular weight is 306 g/mol. The van der Waals surface area contributed by atoms with Crippen LogP contribution in [0.3, 0.4) is 0 Å². The Hall–Kier alpha value is -1.55. The molecule has 21 heavy (non-hydrogen) atoms. The Morgan fingerprint density at radius 3 is 2.48 bits per heavy atom. The van der Waals surface area contributed by atoms with Gasteiger partial charge in [0, 0.05) is 11.1 Å². The monoisotopic (exact) mass is 305 g/mol. The number of ether oxygens (including phenoxy) is 2. The summed E-state index contributed by atoms with van der Waals surface area (Å²) in [5.41, 5.74) is 6.99. The zero-order chi connectivity index (χ0) is 15.1. The smallest absolute Gasteiger partial charge is 0.119 e. The van der Waals surface area contributed by atoms with Gasteiger partial charge in [0.05, 0.1) is 12.7 Å². The Bertz CT molecular complexity index is 545. The fraction of sp³-hybridized carbons (Fsp3) is 0.294. The van der Waals surface area contributed by atoms with Crippen molar-refractivity contribution in [2.24, 2.45) is 5.73 Å². The normalized spacial score (nSPS) is 13.7. The molecule has 0 saturated heterocycles. The van der Waals surface area contributed by atoms with Crippen LogP contribution in [-0.4, -0.2) is 19.3 Å². The minimum Gasteiger partial charge on any atom is -0.491 e. The molecule has 2 aromatic carbocycles. The lowest BCUT2D eigenvalue weighted by Gasteiger charge is -2.22. The van der Waals surface area contributed by atoms with E-state index in [-0.39, 0.29) is 12.1 Å². The van der Waals surface area contributed by atoms with E-state index in [1.54, 1.807) is 0 Å². The molecule has 2 aromatic rings. The van der Waals surface area contributed by atoms with Crippen molar-refractivity contribution in [3.05, 3.63) is 65.2 Å². The molecule has 0 spiro atoms. The number of para-hydroxylation sites is 1. The summed E-state index contributed by atoms with van der Waals surface area (Å²) in [5.74, 6) is 0.834. The van der Waals surface area contributed by atoms with Crippen LogP contribution in [0, 0.1) is 0 Å². The Morgan fingerprint density at radius 2 is 1.81 bits per heavy atom. The lowest BCUT2D eigenvalue weighted by atomic mass is 10.0. The van der Waals surface area contributed by atoms with Gasteiger partial charge in [-0.25, -0.2) is 0 Å². The zero-order valence-electron chi connectivity index (χ0n) is 12.0. The molecule has 2 unspecified atom stereocenters. The Morgan fingerprint density at radius 1 is 1.05 bits per heavy atom. The molecule has 2 atom stereocenters. The van der Waals surface area contributed by atoms with E-state index in [0.717, 1.165) is 11.3 Å². The summed E-state index contributed by atoms with van der Waals surface area (Å²) in [6.07, 6.45) is -0.192. The summed E-state index contributed by atoms with van der Waals surface area (Å²) < 4.78 is 11.5. The van der Waals surface area contributed by atoms with Crippen molar-refractivity contribution in [3.63, 3.8) is 0 Å². The maximum absolute atomic E-state index is 6.01. The first kappa shape index (κ1) is 15.8. The SMILES string of the molecule is CC(N)C(OCCOc1ccccc1)c1cccc(Cl)c1. The molecule has 2 rings (SSSR count). The highest BCUT2D eigenvalue weighted by molar-refractivity contribution is 6.30. The molecule has 0 aliphatic carbocycles. The Balaban J connectivity index is 1.86. The van der Waals surface area contributed by atoms with Gasteiger partial charge in [-0.2, -0.15) is 0 Å². The van der Waals surface area contributed by atoms with Gasteiger partial charge in [0.25, 0.3) is 0 Å². The van der Waals surface area contributed by atoms with Crippen LogP contribution in [0.5, 0.6) is 5.75 Å². The molecular formula is C17H20ClNO2.